The number of phenols is 1. The first kappa shape index (κ1) is 34.7. The molecule has 1 atom stereocenters. The van der Waals surface area contributed by atoms with Crippen molar-refractivity contribution < 1.29 is 24.2 Å². The van der Waals surface area contributed by atoms with Gasteiger partial charge in [-0.3, -0.25) is 19.4 Å². The van der Waals surface area contributed by atoms with Gasteiger partial charge in [0.2, 0.25) is 0 Å². The first-order valence-corrected chi connectivity index (χ1v) is 18.8. The molecule has 0 spiro atoms. The fourth-order valence-electron chi connectivity index (χ4n) is 8.21. The Morgan fingerprint density at radius 3 is 2.34 bits per heavy atom. The van der Waals surface area contributed by atoms with E-state index in [-0.39, 0.29) is 23.6 Å². The zero-order valence-corrected chi connectivity index (χ0v) is 30.2. The lowest BCUT2D eigenvalue weighted by molar-refractivity contribution is 0.0308. The summed E-state index contributed by atoms with van der Waals surface area (Å²) in [6.45, 7) is 5.51. The highest BCUT2D eigenvalue weighted by Gasteiger charge is 2.34. The molecule has 8 rings (SSSR count). The summed E-state index contributed by atoms with van der Waals surface area (Å²) in [5.41, 5.74) is 7.64. The Hall–Kier alpha value is -5.38. The minimum Gasteiger partial charge on any atom is -0.508 e. The van der Waals surface area contributed by atoms with Gasteiger partial charge in [0.05, 0.1) is 25.9 Å². The van der Waals surface area contributed by atoms with Crippen LogP contribution in [0, 0.1) is 0 Å². The van der Waals surface area contributed by atoms with Crippen molar-refractivity contribution in [3.8, 4) is 22.8 Å². The minimum atomic E-state index is -0.162. The minimum absolute atomic E-state index is 0.0154. The fraction of sp³-hybridized carbons (Fsp3) is 0.318. The van der Waals surface area contributed by atoms with E-state index in [1.54, 1.807) is 36.3 Å². The van der Waals surface area contributed by atoms with Crippen LogP contribution in [0.4, 0.5) is 11.4 Å². The van der Waals surface area contributed by atoms with Crippen LogP contribution in [0.1, 0.15) is 56.8 Å². The highest BCUT2D eigenvalue weighted by Crippen LogP contribution is 2.38. The van der Waals surface area contributed by atoms with Crippen LogP contribution in [0.5, 0.6) is 11.5 Å². The van der Waals surface area contributed by atoms with Gasteiger partial charge in [-0.2, -0.15) is 0 Å². The fourth-order valence-corrected chi connectivity index (χ4v) is 8.21. The number of methoxy groups -OCH3 is 1. The van der Waals surface area contributed by atoms with Crippen molar-refractivity contribution in [1.82, 2.24) is 14.4 Å². The van der Waals surface area contributed by atoms with E-state index >= 15 is 4.79 Å². The average Bonchev–Trinajstić information content (AvgIpc) is 3.60. The molecular formula is C44H46N4O5. The van der Waals surface area contributed by atoms with Crippen LogP contribution in [-0.4, -0.2) is 77.3 Å². The van der Waals surface area contributed by atoms with Crippen LogP contribution in [0.2, 0.25) is 0 Å². The van der Waals surface area contributed by atoms with Gasteiger partial charge in [0.25, 0.3) is 11.8 Å². The van der Waals surface area contributed by atoms with Gasteiger partial charge in [0, 0.05) is 72.7 Å². The second kappa shape index (κ2) is 15.3. The van der Waals surface area contributed by atoms with Gasteiger partial charge in [0.1, 0.15) is 11.5 Å². The highest BCUT2D eigenvalue weighted by atomic mass is 16.5. The van der Waals surface area contributed by atoms with Gasteiger partial charge in [-0.1, -0.05) is 42.5 Å². The van der Waals surface area contributed by atoms with Gasteiger partial charge in [0.15, 0.2) is 0 Å². The standard InChI is InChI=1S/C44H46N4O5/c1-52-37-18-19-38(43(50)47-30-32-10-6-5-9-31(32)27-35(47)20-22-45-23-25-53-26-24-45)39(28-37)42-29-40(41-13-7-8-21-46(41)42)44(51)48(33-11-3-2-4-12-33)34-14-16-36(49)17-15-34/h2-6,9-12,14-19,28-29,35,49H,7-8,13,20-27,30H2,1H3/t35-/m1/s1. The number of nitrogens with zero attached hydrogens (tertiary/aromatic N) is 4. The van der Waals surface area contributed by atoms with E-state index in [9.17, 15) is 9.90 Å². The molecule has 272 valence electrons. The molecule has 0 radical (unpaired) electrons. The monoisotopic (exact) mass is 710 g/mol. The Morgan fingerprint density at radius 2 is 1.57 bits per heavy atom. The van der Waals surface area contributed by atoms with Gasteiger partial charge in [-0.15, -0.1) is 0 Å². The lowest BCUT2D eigenvalue weighted by atomic mass is 9.90. The summed E-state index contributed by atoms with van der Waals surface area (Å²) < 4.78 is 13.6. The Balaban J connectivity index is 1.20. The summed E-state index contributed by atoms with van der Waals surface area (Å²) in [5.74, 6) is 0.607. The first-order chi connectivity index (χ1) is 26.0. The Kier molecular flexibility index (Phi) is 10.0. The predicted molar refractivity (Wildman–Crippen MR) is 206 cm³/mol. The van der Waals surface area contributed by atoms with Crippen LogP contribution in [0.15, 0.2) is 103 Å². The molecule has 3 aliphatic heterocycles. The number of benzene rings is 4. The zero-order chi connectivity index (χ0) is 36.3. The molecule has 3 aliphatic rings. The third-order valence-corrected chi connectivity index (χ3v) is 11.0. The van der Waals surface area contributed by atoms with Crippen molar-refractivity contribution in [2.24, 2.45) is 0 Å². The summed E-state index contributed by atoms with van der Waals surface area (Å²) in [7, 11) is 1.64. The molecule has 1 aromatic heterocycles. The quantitative estimate of drug-likeness (QED) is 0.171. The lowest BCUT2D eigenvalue weighted by Gasteiger charge is -2.39. The molecule has 9 nitrogen and oxygen atoms in total. The molecule has 0 aliphatic carbocycles. The second-order valence-corrected chi connectivity index (χ2v) is 14.2. The van der Waals surface area contributed by atoms with Crippen LogP contribution in [0.25, 0.3) is 11.3 Å². The summed E-state index contributed by atoms with van der Waals surface area (Å²) in [4.78, 5) is 36.1. The van der Waals surface area contributed by atoms with E-state index in [2.05, 4.69) is 38.6 Å². The summed E-state index contributed by atoms with van der Waals surface area (Å²) in [6, 6.07) is 32.5. The number of para-hydroxylation sites is 1. The number of hydrogen-bond donors (Lipinski definition) is 1. The van der Waals surface area contributed by atoms with Gasteiger partial charge < -0.3 is 24.0 Å². The molecule has 53 heavy (non-hydrogen) atoms. The molecule has 5 aromatic rings. The zero-order valence-electron chi connectivity index (χ0n) is 30.2. The summed E-state index contributed by atoms with van der Waals surface area (Å²) >= 11 is 0. The number of carbonyl (C=O) groups excluding carboxylic acids is 2. The second-order valence-electron chi connectivity index (χ2n) is 14.2. The van der Waals surface area contributed by atoms with Crippen molar-refractivity contribution in [1.29, 1.82) is 0 Å². The van der Waals surface area contributed by atoms with Crippen molar-refractivity contribution in [3.05, 3.63) is 131 Å². The third-order valence-electron chi connectivity index (χ3n) is 11.0. The number of aromatic hydroxyl groups is 1. The topological polar surface area (TPSA) is 87.5 Å². The molecular weight excluding hydrogens is 665 g/mol. The van der Waals surface area contributed by atoms with E-state index in [4.69, 9.17) is 9.47 Å². The molecule has 4 aromatic carbocycles. The van der Waals surface area contributed by atoms with Gasteiger partial charge in [-0.05, 0) is 104 Å². The molecule has 0 bridgehead atoms. The number of phenolic OH excluding ortho intramolecular Hbond substituents is 1. The van der Waals surface area contributed by atoms with Crippen molar-refractivity contribution in [3.63, 3.8) is 0 Å². The largest absolute Gasteiger partial charge is 0.508 e. The van der Waals surface area contributed by atoms with E-state index < -0.39 is 0 Å². The molecule has 0 unspecified atom stereocenters. The molecule has 1 fully saturated rings. The van der Waals surface area contributed by atoms with Crippen molar-refractivity contribution in [2.45, 2.75) is 51.2 Å². The van der Waals surface area contributed by atoms with Gasteiger partial charge >= 0.3 is 0 Å². The van der Waals surface area contributed by atoms with E-state index in [0.717, 1.165) is 94.1 Å². The predicted octanol–water partition coefficient (Wildman–Crippen LogP) is 7.47. The maximum Gasteiger partial charge on any atom is 0.264 e. The van der Waals surface area contributed by atoms with Crippen LogP contribution >= 0.6 is 0 Å². The number of anilines is 2. The molecule has 4 heterocycles. The summed E-state index contributed by atoms with van der Waals surface area (Å²) in [5, 5.41) is 10.1. The van der Waals surface area contributed by atoms with E-state index in [0.29, 0.717) is 29.1 Å². The Bertz CT molecular complexity index is 2090. The van der Waals surface area contributed by atoms with Crippen LogP contribution in [0.3, 0.4) is 0 Å². The Labute approximate surface area is 311 Å². The number of hydrogen-bond acceptors (Lipinski definition) is 6. The van der Waals surface area contributed by atoms with Gasteiger partial charge in [-0.25, -0.2) is 0 Å². The number of ether oxygens (including phenoxy) is 2. The summed E-state index contributed by atoms with van der Waals surface area (Å²) in [6.07, 6.45) is 4.37. The van der Waals surface area contributed by atoms with E-state index in [1.165, 1.54) is 11.1 Å². The lowest BCUT2D eigenvalue weighted by Crippen LogP contribution is -2.47. The molecule has 2 amide bonds. The third kappa shape index (κ3) is 7.06. The number of aromatic nitrogens is 1. The number of morpholine rings is 1. The number of amides is 2. The van der Waals surface area contributed by atoms with Crippen LogP contribution in [-0.2, 0) is 30.7 Å². The molecule has 0 saturated carbocycles. The number of carbonyl (C=O) groups is 2. The number of rotatable bonds is 9. The highest BCUT2D eigenvalue weighted by molar-refractivity contribution is 6.12. The van der Waals surface area contributed by atoms with Crippen molar-refractivity contribution in [2.75, 3.05) is 44.9 Å². The molecule has 1 N–H and O–H groups in total. The maximum absolute atomic E-state index is 15.0. The molecule has 1 saturated heterocycles. The smallest absolute Gasteiger partial charge is 0.264 e. The van der Waals surface area contributed by atoms with Crippen molar-refractivity contribution >= 4 is 23.2 Å². The maximum atomic E-state index is 15.0. The average molecular weight is 711 g/mol. The molecule has 9 heteroatoms. The number of fused-ring (bicyclic) bond motifs is 2. The van der Waals surface area contributed by atoms with E-state index in [1.807, 2.05) is 54.6 Å². The SMILES string of the molecule is COc1ccc(C(=O)N2Cc3ccccc3C[C@H]2CCN2CCOCC2)c(-c2cc(C(=O)N(c3ccccc3)c3ccc(O)cc3)c3n2CCCC3)c1. The normalized spacial score (nSPS) is 17.2. The first-order valence-electron chi connectivity index (χ1n) is 18.8. The Morgan fingerprint density at radius 1 is 0.830 bits per heavy atom. The van der Waals surface area contributed by atoms with Crippen LogP contribution < -0.4 is 9.64 Å².